The lowest BCUT2D eigenvalue weighted by Gasteiger charge is -2.35. The van der Waals surface area contributed by atoms with Gasteiger partial charge < -0.3 is 5.11 Å². The minimum atomic E-state index is -3.49. The van der Waals surface area contributed by atoms with Crippen LogP contribution in [0.25, 0.3) is 0 Å². The van der Waals surface area contributed by atoms with E-state index < -0.39 is 10.0 Å². The van der Waals surface area contributed by atoms with Crippen molar-refractivity contribution in [3.63, 3.8) is 0 Å². The topological polar surface area (TPSA) is 57.6 Å². The molecule has 0 radical (unpaired) electrons. The molecule has 112 valence electrons. The summed E-state index contributed by atoms with van der Waals surface area (Å²) in [5.74, 6) is 0.386. The van der Waals surface area contributed by atoms with Gasteiger partial charge in [0.25, 0.3) is 0 Å². The summed E-state index contributed by atoms with van der Waals surface area (Å²) in [5.41, 5.74) is 0.691. The molecule has 0 amide bonds. The number of nitrogens with zero attached hydrogens (tertiary/aromatic N) is 1. The van der Waals surface area contributed by atoms with Crippen molar-refractivity contribution in [3.05, 3.63) is 28.2 Å². The summed E-state index contributed by atoms with van der Waals surface area (Å²) < 4.78 is 27.7. The summed E-state index contributed by atoms with van der Waals surface area (Å²) in [6.07, 6.45) is 1.96. The van der Waals surface area contributed by atoms with Crippen molar-refractivity contribution in [1.29, 1.82) is 0 Å². The minimum Gasteiger partial charge on any atom is -0.392 e. The molecular formula is C14H20BrNO3S. The second kappa shape index (κ2) is 6.13. The third kappa shape index (κ3) is 3.08. The monoisotopic (exact) mass is 361 g/mol. The summed E-state index contributed by atoms with van der Waals surface area (Å²) in [6, 6.07) is 4.90. The highest BCUT2D eigenvalue weighted by Gasteiger charge is 2.34. The van der Waals surface area contributed by atoms with Crippen LogP contribution in [0.2, 0.25) is 0 Å². The maximum atomic E-state index is 12.8. The molecule has 2 rings (SSSR count). The van der Waals surface area contributed by atoms with Crippen LogP contribution in [-0.4, -0.2) is 30.4 Å². The molecule has 2 atom stereocenters. The van der Waals surface area contributed by atoms with Crippen LogP contribution in [0.15, 0.2) is 27.6 Å². The van der Waals surface area contributed by atoms with Gasteiger partial charge in [-0.1, -0.05) is 13.0 Å². The van der Waals surface area contributed by atoms with Gasteiger partial charge in [0.15, 0.2) is 0 Å². The molecule has 1 aromatic carbocycles. The van der Waals surface area contributed by atoms with Gasteiger partial charge in [-0.15, -0.1) is 0 Å². The highest BCUT2D eigenvalue weighted by Crippen LogP contribution is 2.31. The van der Waals surface area contributed by atoms with Gasteiger partial charge in [0.1, 0.15) is 0 Å². The van der Waals surface area contributed by atoms with Crippen LogP contribution >= 0.6 is 15.9 Å². The highest BCUT2D eigenvalue weighted by molar-refractivity contribution is 9.10. The van der Waals surface area contributed by atoms with Gasteiger partial charge in [-0.25, -0.2) is 8.42 Å². The summed E-state index contributed by atoms with van der Waals surface area (Å²) in [4.78, 5) is 0.274. The fraction of sp³-hybridized carbons (Fsp3) is 0.571. The van der Waals surface area contributed by atoms with Gasteiger partial charge in [0, 0.05) is 17.1 Å². The van der Waals surface area contributed by atoms with E-state index in [4.69, 9.17) is 5.11 Å². The molecule has 0 bridgehead atoms. The average molecular weight is 362 g/mol. The van der Waals surface area contributed by atoms with Crippen molar-refractivity contribution in [2.45, 2.75) is 44.2 Å². The molecule has 0 spiro atoms. The van der Waals surface area contributed by atoms with E-state index in [1.54, 1.807) is 22.5 Å². The van der Waals surface area contributed by atoms with Gasteiger partial charge in [0.2, 0.25) is 10.0 Å². The number of halogens is 1. The quantitative estimate of drug-likeness (QED) is 0.900. The normalized spacial score (nSPS) is 24.8. The molecule has 1 fully saturated rings. The third-order valence-electron chi connectivity index (χ3n) is 3.83. The van der Waals surface area contributed by atoms with E-state index >= 15 is 0 Å². The largest absolute Gasteiger partial charge is 0.392 e. The fourth-order valence-electron chi connectivity index (χ4n) is 2.56. The summed E-state index contributed by atoms with van der Waals surface area (Å²) in [6.45, 7) is 4.51. The first-order chi connectivity index (χ1) is 9.36. The number of aliphatic hydroxyl groups excluding tert-OH is 1. The van der Waals surface area contributed by atoms with E-state index in [9.17, 15) is 8.42 Å². The van der Waals surface area contributed by atoms with Crippen LogP contribution in [0.4, 0.5) is 0 Å². The standard InChI is InChI=1S/C14H20BrNO3S/c1-10-3-4-11(2)16(8-10)20(18,19)14-6-5-12(9-17)7-13(14)15/h5-7,10-11,17H,3-4,8-9H2,1-2H3. The van der Waals surface area contributed by atoms with Gasteiger partial charge in [-0.3, -0.25) is 0 Å². The van der Waals surface area contributed by atoms with E-state index in [1.165, 1.54) is 0 Å². The lowest BCUT2D eigenvalue weighted by Crippen LogP contribution is -2.44. The summed E-state index contributed by atoms with van der Waals surface area (Å²) in [7, 11) is -3.49. The number of piperidine rings is 1. The number of hydrogen-bond donors (Lipinski definition) is 1. The third-order valence-corrected chi connectivity index (χ3v) is 6.78. The van der Waals surface area contributed by atoms with Crippen molar-refractivity contribution in [2.24, 2.45) is 5.92 Å². The Morgan fingerprint density at radius 1 is 1.35 bits per heavy atom. The van der Waals surface area contributed by atoms with Crippen LogP contribution in [-0.2, 0) is 16.6 Å². The maximum Gasteiger partial charge on any atom is 0.244 e. The summed E-state index contributed by atoms with van der Waals surface area (Å²) >= 11 is 3.31. The van der Waals surface area contributed by atoms with Crippen LogP contribution in [0.3, 0.4) is 0 Å². The fourth-order valence-corrected chi connectivity index (χ4v) is 5.43. The lowest BCUT2D eigenvalue weighted by molar-refractivity contribution is 0.218. The SMILES string of the molecule is CC1CCC(C)N(S(=O)(=O)c2ccc(CO)cc2Br)C1. The number of benzene rings is 1. The molecule has 1 aliphatic rings. The zero-order chi connectivity index (χ0) is 14.9. The zero-order valence-corrected chi connectivity index (χ0v) is 14.1. The first kappa shape index (κ1) is 15.9. The number of aliphatic hydroxyl groups is 1. The second-order valence-electron chi connectivity index (χ2n) is 5.53. The smallest absolute Gasteiger partial charge is 0.244 e. The molecule has 20 heavy (non-hydrogen) atoms. The van der Waals surface area contributed by atoms with Crippen molar-refractivity contribution in [3.8, 4) is 0 Å². The van der Waals surface area contributed by atoms with Crippen molar-refractivity contribution < 1.29 is 13.5 Å². The molecule has 2 unspecified atom stereocenters. The Hall–Kier alpha value is -0.430. The molecule has 1 N–H and O–H groups in total. The number of rotatable bonds is 3. The molecule has 1 aliphatic heterocycles. The molecule has 4 nitrogen and oxygen atoms in total. The van der Waals surface area contributed by atoms with Gasteiger partial charge in [0.05, 0.1) is 11.5 Å². The van der Waals surface area contributed by atoms with E-state index in [-0.39, 0.29) is 17.5 Å². The molecular weight excluding hydrogens is 342 g/mol. The van der Waals surface area contributed by atoms with Crippen molar-refractivity contribution in [2.75, 3.05) is 6.54 Å². The van der Waals surface area contributed by atoms with Crippen LogP contribution in [0.1, 0.15) is 32.3 Å². The molecule has 1 heterocycles. The highest BCUT2D eigenvalue weighted by atomic mass is 79.9. The predicted octanol–water partition coefficient (Wildman–Crippen LogP) is 2.75. The van der Waals surface area contributed by atoms with Gasteiger partial charge in [-0.05, 0) is 59.3 Å². The molecule has 0 aromatic heterocycles. The number of hydrogen-bond acceptors (Lipinski definition) is 3. The first-order valence-electron chi connectivity index (χ1n) is 6.77. The molecule has 0 aliphatic carbocycles. The Morgan fingerprint density at radius 2 is 2.05 bits per heavy atom. The van der Waals surface area contributed by atoms with Gasteiger partial charge in [-0.2, -0.15) is 4.31 Å². The Kier molecular flexibility index (Phi) is 4.89. The Bertz CT molecular complexity index is 588. The van der Waals surface area contributed by atoms with Crippen molar-refractivity contribution in [1.82, 2.24) is 4.31 Å². The molecule has 0 saturated carbocycles. The predicted molar refractivity (Wildman–Crippen MR) is 81.8 cm³/mol. The molecule has 1 saturated heterocycles. The molecule has 1 aromatic rings. The van der Waals surface area contributed by atoms with Gasteiger partial charge >= 0.3 is 0 Å². The van der Waals surface area contributed by atoms with E-state index in [0.717, 1.165) is 12.8 Å². The van der Waals surface area contributed by atoms with Crippen LogP contribution in [0, 0.1) is 5.92 Å². The zero-order valence-electron chi connectivity index (χ0n) is 11.7. The van der Waals surface area contributed by atoms with E-state index in [0.29, 0.717) is 22.5 Å². The van der Waals surface area contributed by atoms with E-state index in [2.05, 4.69) is 22.9 Å². The van der Waals surface area contributed by atoms with E-state index in [1.807, 2.05) is 6.92 Å². The Morgan fingerprint density at radius 3 is 2.65 bits per heavy atom. The van der Waals surface area contributed by atoms with Crippen molar-refractivity contribution >= 4 is 26.0 Å². The van der Waals surface area contributed by atoms with Crippen LogP contribution < -0.4 is 0 Å². The van der Waals surface area contributed by atoms with Crippen LogP contribution in [0.5, 0.6) is 0 Å². The average Bonchev–Trinajstić information content (AvgIpc) is 2.40. The maximum absolute atomic E-state index is 12.8. The Labute approximate surface area is 129 Å². The first-order valence-corrected chi connectivity index (χ1v) is 9.00. The summed E-state index contributed by atoms with van der Waals surface area (Å²) in [5, 5.41) is 9.10. The molecule has 6 heteroatoms. The minimum absolute atomic E-state index is 0.0284. The number of sulfonamides is 1. The Balaban J connectivity index is 2.39. The lowest BCUT2D eigenvalue weighted by atomic mass is 9.97. The second-order valence-corrected chi connectivity index (χ2v) is 8.24.